The van der Waals surface area contributed by atoms with Gasteiger partial charge < -0.3 is 10.1 Å². The standard InChI is InChI=1S/C25H34N2OS/c1-4-5-6-9-14-27-18-21-11-8-7-10-20(21)16-22(27)17-26-25(29)23-15-19(2)12-13-24(23)28-3/h7-8,10-13,15,22H,4-6,9,14,16-18H2,1-3H3,(H,26,29)/t22-/m0/s1. The summed E-state index contributed by atoms with van der Waals surface area (Å²) in [5.74, 6) is 0.832. The zero-order valence-corrected chi connectivity index (χ0v) is 18.9. The molecule has 0 aromatic heterocycles. The Balaban J connectivity index is 1.68. The van der Waals surface area contributed by atoms with Gasteiger partial charge in [0.1, 0.15) is 10.7 Å². The van der Waals surface area contributed by atoms with E-state index >= 15 is 0 Å². The normalized spacial score (nSPS) is 16.3. The molecule has 156 valence electrons. The van der Waals surface area contributed by atoms with Crippen molar-refractivity contribution in [3.05, 3.63) is 64.7 Å². The highest BCUT2D eigenvalue weighted by Gasteiger charge is 2.25. The van der Waals surface area contributed by atoms with E-state index < -0.39 is 0 Å². The molecular formula is C25H34N2OS. The first-order chi connectivity index (χ1) is 14.1. The topological polar surface area (TPSA) is 24.5 Å². The van der Waals surface area contributed by atoms with E-state index in [2.05, 4.69) is 60.5 Å². The van der Waals surface area contributed by atoms with Gasteiger partial charge in [-0.3, -0.25) is 4.90 Å². The molecule has 4 heteroatoms. The molecule has 1 N–H and O–H groups in total. The van der Waals surface area contributed by atoms with Crippen LogP contribution in [-0.4, -0.2) is 36.1 Å². The number of nitrogens with zero attached hydrogens (tertiary/aromatic N) is 1. The van der Waals surface area contributed by atoms with E-state index in [0.29, 0.717) is 6.04 Å². The summed E-state index contributed by atoms with van der Waals surface area (Å²) >= 11 is 5.73. The zero-order valence-electron chi connectivity index (χ0n) is 18.0. The second kappa shape index (κ2) is 10.7. The molecule has 1 aliphatic heterocycles. The second-order valence-electron chi connectivity index (χ2n) is 8.07. The van der Waals surface area contributed by atoms with Crippen molar-refractivity contribution in [1.29, 1.82) is 0 Å². The number of aryl methyl sites for hydroxylation is 1. The van der Waals surface area contributed by atoms with Crippen molar-refractivity contribution in [2.24, 2.45) is 0 Å². The first-order valence-corrected chi connectivity index (χ1v) is 11.3. The average Bonchev–Trinajstić information content (AvgIpc) is 2.74. The number of rotatable bonds is 9. The summed E-state index contributed by atoms with van der Waals surface area (Å²) in [6, 6.07) is 15.5. The van der Waals surface area contributed by atoms with E-state index in [1.807, 2.05) is 6.07 Å². The van der Waals surface area contributed by atoms with Crippen LogP contribution < -0.4 is 10.1 Å². The van der Waals surface area contributed by atoms with Crippen LogP contribution in [-0.2, 0) is 13.0 Å². The van der Waals surface area contributed by atoms with Crippen molar-refractivity contribution in [3.63, 3.8) is 0 Å². The quantitative estimate of drug-likeness (QED) is 0.449. The van der Waals surface area contributed by atoms with Gasteiger partial charge in [-0.1, -0.05) is 74.3 Å². The largest absolute Gasteiger partial charge is 0.496 e. The number of ether oxygens (including phenoxy) is 1. The van der Waals surface area contributed by atoms with Gasteiger partial charge in [0.25, 0.3) is 0 Å². The lowest BCUT2D eigenvalue weighted by molar-refractivity contribution is 0.168. The minimum Gasteiger partial charge on any atom is -0.496 e. The molecule has 1 heterocycles. The van der Waals surface area contributed by atoms with Crippen LogP contribution in [0.5, 0.6) is 5.75 Å². The summed E-state index contributed by atoms with van der Waals surface area (Å²) in [5, 5.41) is 3.54. The number of nitrogens with one attached hydrogen (secondary N) is 1. The maximum Gasteiger partial charge on any atom is 0.129 e. The molecular weight excluding hydrogens is 376 g/mol. The van der Waals surface area contributed by atoms with Gasteiger partial charge in [0.15, 0.2) is 0 Å². The lowest BCUT2D eigenvalue weighted by Crippen LogP contribution is -2.47. The predicted octanol–water partition coefficient (Wildman–Crippen LogP) is 5.28. The minimum atomic E-state index is 0.459. The first kappa shape index (κ1) is 21.8. The Bertz CT molecular complexity index is 820. The Hall–Kier alpha value is -1.91. The third kappa shape index (κ3) is 5.80. The Labute approximate surface area is 181 Å². The average molecular weight is 411 g/mol. The molecule has 1 aliphatic rings. The fraction of sp³-hybridized carbons (Fsp3) is 0.480. The van der Waals surface area contributed by atoms with Crippen LogP contribution in [0.15, 0.2) is 42.5 Å². The van der Waals surface area contributed by atoms with Crippen LogP contribution in [0.3, 0.4) is 0 Å². The maximum absolute atomic E-state index is 5.73. The predicted molar refractivity (Wildman–Crippen MR) is 126 cm³/mol. The molecule has 0 radical (unpaired) electrons. The fourth-order valence-electron chi connectivity index (χ4n) is 4.15. The van der Waals surface area contributed by atoms with E-state index in [1.54, 1.807) is 7.11 Å². The van der Waals surface area contributed by atoms with Gasteiger partial charge >= 0.3 is 0 Å². The number of methoxy groups -OCH3 is 1. The molecule has 29 heavy (non-hydrogen) atoms. The number of hydrogen-bond acceptors (Lipinski definition) is 3. The van der Waals surface area contributed by atoms with Gasteiger partial charge in [-0.05, 0) is 49.6 Å². The van der Waals surface area contributed by atoms with E-state index in [4.69, 9.17) is 17.0 Å². The summed E-state index contributed by atoms with van der Waals surface area (Å²) in [4.78, 5) is 3.41. The molecule has 0 amide bonds. The molecule has 2 aromatic rings. The number of thiocarbonyl (C=S) groups is 1. The number of benzene rings is 2. The van der Waals surface area contributed by atoms with Crippen molar-refractivity contribution in [2.75, 3.05) is 20.2 Å². The van der Waals surface area contributed by atoms with Crippen LogP contribution in [0.4, 0.5) is 0 Å². The van der Waals surface area contributed by atoms with Crippen molar-refractivity contribution in [2.45, 2.75) is 58.5 Å². The first-order valence-electron chi connectivity index (χ1n) is 10.9. The highest BCUT2D eigenvalue weighted by atomic mass is 32.1. The zero-order chi connectivity index (χ0) is 20.6. The van der Waals surface area contributed by atoms with E-state index in [0.717, 1.165) is 42.4 Å². The summed E-state index contributed by atoms with van der Waals surface area (Å²) < 4.78 is 5.52. The second-order valence-corrected chi connectivity index (χ2v) is 8.48. The highest BCUT2D eigenvalue weighted by Crippen LogP contribution is 2.24. The molecule has 1 atom stereocenters. The molecule has 0 saturated carbocycles. The SMILES string of the molecule is CCCCCCN1Cc2ccccc2C[C@H]1CNC(=S)c1cc(C)ccc1OC. The van der Waals surface area contributed by atoms with Crippen LogP contribution in [0.1, 0.15) is 54.9 Å². The highest BCUT2D eigenvalue weighted by molar-refractivity contribution is 7.80. The van der Waals surface area contributed by atoms with Crippen LogP contribution in [0, 0.1) is 6.92 Å². The van der Waals surface area contributed by atoms with Crippen molar-refractivity contribution in [3.8, 4) is 5.75 Å². The van der Waals surface area contributed by atoms with Gasteiger partial charge in [-0.25, -0.2) is 0 Å². The van der Waals surface area contributed by atoms with Gasteiger partial charge in [-0.2, -0.15) is 0 Å². The number of hydrogen-bond donors (Lipinski definition) is 1. The fourth-order valence-corrected chi connectivity index (χ4v) is 4.39. The number of unbranched alkanes of at least 4 members (excludes halogenated alkanes) is 3. The smallest absolute Gasteiger partial charge is 0.129 e. The van der Waals surface area contributed by atoms with Gasteiger partial charge in [-0.15, -0.1) is 0 Å². The molecule has 0 spiro atoms. The van der Waals surface area contributed by atoms with E-state index in [1.165, 1.54) is 42.4 Å². The van der Waals surface area contributed by atoms with Gasteiger partial charge in [0.05, 0.1) is 12.7 Å². The van der Waals surface area contributed by atoms with Crippen LogP contribution in [0.25, 0.3) is 0 Å². The third-order valence-electron chi connectivity index (χ3n) is 5.86. The van der Waals surface area contributed by atoms with Crippen LogP contribution >= 0.6 is 12.2 Å². The molecule has 0 unspecified atom stereocenters. The molecule has 3 rings (SSSR count). The Morgan fingerprint density at radius 2 is 1.93 bits per heavy atom. The lowest BCUT2D eigenvalue weighted by Gasteiger charge is -2.37. The van der Waals surface area contributed by atoms with E-state index in [-0.39, 0.29) is 0 Å². The Morgan fingerprint density at radius 1 is 1.14 bits per heavy atom. The Morgan fingerprint density at radius 3 is 2.69 bits per heavy atom. The molecule has 0 saturated heterocycles. The van der Waals surface area contributed by atoms with Crippen molar-refractivity contribution >= 4 is 17.2 Å². The van der Waals surface area contributed by atoms with Crippen molar-refractivity contribution in [1.82, 2.24) is 10.2 Å². The van der Waals surface area contributed by atoms with E-state index in [9.17, 15) is 0 Å². The van der Waals surface area contributed by atoms with Gasteiger partial charge in [0, 0.05) is 19.1 Å². The lowest BCUT2D eigenvalue weighted by atomic mass is 9.93. The Kier molecular flexibility index (Phi) is 8.08. The summed E-state index contributed by atoms with van der Waals surface area (Å²) in [6.45, 7) is 7.40. The third-order valence-corrected chi connectivity index (χ3v) is 6.22. The minimum absolute atomic E-state index is 0.459. The molecule has 0 aliphatic carbocycles. The molecule has 2 aromatic carbocycles. The summed E-state index contributed by atoms with van der Waals surface area (Å²) in [5.41, 5.74) is 5.12. The van der Waals surface area contributed by atoms with Gasteiger partial charge in [0.2, 0.25) is 0 Å². The maximum atomic E-state index is 5.73. The van der Waals surface area contributed by atoms with Crippen LogP contribution in [0.2, 0.25) is 0 Å². The monoisotopic (exact) mass is 410 g/mol. The molecule has 0 fully saturated rings. The summed E-state index contributed by atoms with van der Waals surface area (Å²) in [6.07, 6.45) is 6.26. The molecule has 0 bridgehead atoms. The van der Waals surface area contributed by atoms with Crippen molar-refractivity contribution < 1.29 is 4.74 Å². The molecule has 3 nitrogen and oxygen atoms in total. The summed E-state index contributed by atoms with van der Waals surface area (Å²) in [7, 11) is 1.70. The number of fused-ring (bicyclic) bond motifs is 1.